The highest BCUT2D eigenvalue weighted by Crippen LogP contribution is 2.28. The first-order valence-corrected chi connectivity index (χ1v) is 10.9. The van der Waals surface area contributed by atoms with Gasteiger partial charge in [0, 0.05) is 45.1 Å². The van der Waals surface area contributed by atoms with Crippen molar-refractivity contribution in [2.75, 3.05) is 55.6 Å². The average molecular weight is 458 g/mol. The molecule has 4 rings (SSSR count). The van der Waals surface area contributed by atoms with E-state index in [0.717, 1.165) is 5.56 Å². The lowest BCUT2D eigenvalue weighted by Crippen LogP contribution is -2.47. The molecular formula is C22H28FN7O3. The van der Waals surface area contributed by atoms with E-state index in [1.807, 2.05) is 17.0 Å². The molecule has 2 aliphatic heterocycles. The first kappa shape index (κ1) is 22.9. The molecule has 4 N–H and O–H groups in total. The lowest BCUT2D eigenvalue weighted by Gasteiger charge is -2.24. The molecule has 2 amide bonds. The van der Waals surface area contributed by atoms with Crippen molar-refractivity contribution in [3.05, 3.63) is 54.1 Å². The van der Waals surface area contributed by atoms with Crippen molar-refractivity contribution in [2.24, 2.45) is 5.73 Å². The number of cyclic esters (lactones) is 1. The van der Waals surface area contributed by atoms with Gasteiger partial charge in [0.25, 0.3) is 5.91 Å². The predicted octanol–water partition coefficient (Wildman–Crippen LogP) is 0.448. The Kier molecular flexibility index (Phi) is 7.33. The van der Waals surface area contributed by atoms with Crippen LogP contribution in [0.25, 0.3) is 0 Å². The number of hydrogen-bond acceptors (Lipinski definition) is 8. The number of halogens is 1. The zero-order valence-corrected chi connectivity index (χ0v) is 18.2. The van der Waals surface area contributed by atoms with Crippen LogP contribution in [0.4, 0.5) is 20.6 Å². The van der Waals surface area contributed by atoms with E-state index < -0.39 is 11.9 Å². The van der Waals surface area contributed by atoms with Gasteiger partial charge in [-0.3, -0.25) is 19.7 Å². The second kappa shape index (κ2) is 10.6. The molecular weight excluding hydrogens is 429 g/mol. The number of nitrogens with one attached hydrogen (secondary N) is 2. The minimum atomic E-state index is -0.525. The average Bonchev–Trinajstić information content (AvgIpc) is 3.04. The summed E-state index contributed by atoms with van der Waals surface area (Å²) in [5.74, 6) is -0.515. The van der Waals surface area contributed by atoms with Gasteiger partial charge in [0.1, 0.15) is 11.9 Å². The van der Waals surface area contributed by atoms with Crippen molar-refractivity contribution in [3.63, 3.8) is 0 Å². The molecule has 0 saturated carbocycles. The highest BCUT2D eigenvalue weighted by atomic mass is 19.1. The van der Waals surface area contributed by atoms with Crippen molar-refractivity contribution >= 4 is 23.4 Å². The van der Waals surface area contributed by atoms with E-state index in [4.69, 9.17) is 10.5 Å². The lowest BCUT2D eigenvalue weighted by molar-refractivity contribution is -0.133. The fourth-order valence-electron chi connectivity index (χ4n) is 3.87. The minimum absolute atomic E-state index is 0.0799. The highest BCUT2D eigenvalue weighted by Gasteiger charge is 2.32. The number of amides is 2. The molecule has 0 bridgehead atoms. The van der Waals surface area contributed by atoms with Gasteiger partial charge in [0.15, 0.2) is 0 Å². The maximum absolute atomic E-state index is 14.9. The molecule has 176 valence electrons. The Balaban J connectivity index is 1.31. The van der Waals surface area contributed by atoms with Crippen LogP contribution in [0.1, 0.15) is 5.56 Å². The summed E-state index contributed by atoms with van der Waals surface area (Å²) in [6.07, 6.45) is 2.51. The first-order valence-electron chi connectivity index (χ1n) is 10.9. The van der Waals surface area contributed by atoms with E-state index >= 15 is 0 Å². The number of pyridine rings is 1. The van der Waals surface area contributed by atoms with Crippen molar-refractivity contribution < 1.29 is 18.7 Å². The van der Waals surface area contributed by atoms with Gasteiger partial charge in [-0.25, -0.2) is 14.6 Å². The number of nitrogens with zero attached hydrogens (tertiary/aromatic N) is 4. The predicted molar refractivity (Wildman–Crippen MR) is 121 cm³/mol. The van der Waals surface area contributed by atoms with Crippen molar-refractivity contribution in [2.45, 2.75) is 12.6 Å². The van der Waals surface area contributed by atoms with Crippen molar-refractivity contribution in [1.29, 1.82) is 0 Å². The molecule has 0 radical (unpaired) electrons. The molecule has 2 aliphatic rings. The summed E-state index contributed by atoms with van der Waals surface area (Å²) in [5, 5.41) is 4.70. The minimum Gasteiger partial charge on any atom is -0.443 e. The van der Waals surface area contributed by atoms with E-state index in [-0.39, 0.29) is 25.1 Å². The SMILES string of the molecule is NC[C@H]1CN(c2ccc(N3CCNN(C(=O)CNCc4ccncc4)CC3)c(F)c2)C(=O)O1. The fraction of sp³-hybridized carbons (Fsp3) is 0.409. The van der Waals surface area contributed by atoms with Crippen LogP contribution in [0.15, 0.2) is 42.7 Å². The summed E-state index contributed by atoms with van der Waals surface area (Å²) in [7, 11) is 0. The summed E-state index contributed by atoms with van der Waals surface area (Å²) in [6, 6.07) is 8.47. The number of nitrogens with two attached hydrogens (primary N) is 1. The highest BCUT2D eigenvalue weighted by molar-refractivity contribution is 5.90. The van der Waals surface area contributed by atoms with E-state index in [1.165, 1.54) is 11.0 Å². The largest absolute Gasteiger partial charge is 0.443 e. The number of carbonyl (C=O) groups excluding carboxylic acids is 2. The third kappa shape index (κ3) is 5.56. The van der Waals surface area contributed by atoms with Crippen LogP contribution in [-0.2, 0) is 16.1 Å². The van der Waals surface area contributed by atoms with Crippen LogP contribution in [0.3, 0.4) is 0 Å². The standard InChI is InChI=1S/C22H28FN7O3/c23-19-11-17(29-15-18(12-24)33-22(29)32)1-2-20(19)28-8-7-27-30(10-9-28)21(31)14-26-13-16-3-5-25-6-4-16/h1-6,11,18,26-27H,7-10,12-15,24H2/t18-/m0/s1. The Labute approximate surface area is 191 Å². The van der Waals surface area contributed by atoms with Crippen LogP contribution >= 0.6 is 0 Å². The molecule has 2 saturated heterocycles. The Morgan fingerprint density at radius 1 is 1.24 bits per heavy atom. The third-order valence-electron chi connectivity index (χ3n) is 5.65. The molecule has 11 heteroatoms. The Bertz CT molecular complexity index is 978. The quantitative estimate of drug-likeness (QED) is 0.549. The van der Waals surface area contributed by atoms with E-state index in [9.17, 15) is 14.0 Å². The smallest absolute Gasteiger partial charge is 0.414 e. The van der Waals surface area contributed by atoms with Crippen molar-refractivity contribution in [3.8, 4) is 0 Å². The number of carbonyl (C=O) groups is 2. The van der Waals surface area contributed by atoms with Gasteiger partial charge >= 0.3 is 6.09 Å². The molecule has 10 nitrogen and oxygen atoms in total. The summed E-state index contributed by atoms with van der Waals surface area (Å²) in [6.45, 7) is 3.19. The van der Waals surface area contributed by atoms with Crippen LogP contribution < -0.4 is 26.3 Å². The first-order chi connectivity index (χ1) is 16.0. The number of anilines is 2. The maximum atomic E-state index is 14.9. The molecule has 0 aliphatic carbocycles. The van der Waals surface area contributed by atoms with Gasteiger partial charge in [-0.05, 0) is 35.9 Å². The number of rotatable bonds is 7. The fourth-order valence-corrected chi connectivity index (χ4v) is 3.87. The van der Waals surface area contributed by atoms with Gasteiger partial charge in [-0.2, -0.15) is 0 Å². The number of hydrazine groups is 1. The van der Waals surface area contributed by atoms with Crippen molar-refractivity contribution in [1.82, 2.24) is 20.7 Å². The number of hydrogen-bond donors (Lipinski definition) is 3. The zero-order valence-electron chi connectivity index (χ0n) is 18.2. The van der Waals surface area contributed by atoms with E-state index in [0.29, 0.717) is 50.6 Å². The summed E-state index contributed by atoms with van der Waals surface area (Å²) in [4.78, 5) is 31.8. The monoisotopic (exact) mass is 457 g/mol. The molecule has 1 aromatic carbocycles. The van der Waals surface area contributed by atoms with Gasteiger partial charge in [-0.15, -0.1) is 0 Å². The Morgan fingerprint density at radius 3 is 2.79 bits per heavy atom. The Morgan fingerprint density at radius 2 is 2.06 bits per heavy atom. The molecule has 2 fully saturated rings. The number of benzene rings is 1. The molecule has 1 atom stereocenters. The van der Waals surface area contributed by atoms with Crippen LogP contribution in [0.2, 0.25) is 0 Å². The summed E-state index contributed by atoms with van der Waals surface area (Å²) >= 11 is 0. The number of aromatic nitrogens is 1. The molecule has 33 heavy (non-hydrogen) atoms. The lowest BCUT2D eigenvalue weighted by atomic mass is 10.2. The van der Waals surface area contributed by atoms with Crippen LogP contribution in [0, 0.1) is 5.82 Å². The zero-order chi connectivity index (χ0) is 23.2. The Hall–Kier alpha value is -3.28. The van der Waals surface area contributed by atoms with Gasteiger partial charge in [0.2, 0.25) is 0 Å². The van der Waals surface area contributed by atoms with Gasteiger partial charge in [0.05, 0.1) is 31.0 Å². The summed E-state index contributed by atoms with van der Waals surface area (Å²) in [5.41, 5.74) is 10.6. The topological polar surface area (TPSA) is 116 Å². The molecule has 1 aromatic heterocycles. The molecule has 0 unspecified atom stereocenters. The maximum Gasteiger partial charge on any atom is 0.414 e. The molecule has 3 heterocycles. The third-order valence-corrected chi connectivity index (χ3v) is 5.65. The molecule has 2 aromatic rings. The second-order valence-corrected chi connectivity index (χ2v) is 7.89. The van der Waals surface area contributed by atoms with E-state index in [1.54, 1.807) is 29.5 Å². The summed E-state index contributed by atoms with van der Waals surface area (Å²) < 4.78 is 20.1. The van der Waals surface area contributed by atoms with Gasteiger partial charge in [-0.1, -0.05) is 0 Å². The van der Waals surface area contributed by atoms with E-state index in [2.05, 4.69) is 15.7 Å². The van der Waals surface area contributed by atoms with Gasteiger partial charge < -0.3 is 20.7 Å². The van der Waals surface area contributed by atoms with Crippen LogP contribution in [0.5, 0.6) is 0 Å². The van der Waals surface area contributed by atoms with Crippen LogP contribution in [-0.4, -0.2) is 73.9 Å². The second-order valence-electron chi connectivity index (χ2n) is 7.89. The molecule has 0 spiro atoms. The normalized spacial score (nSPS) is 18.9. The number of ether oxygens (including phenoxy) is 1.